The van der Waals surface area contributed by atoms with E-state index in [-0.39, 0.29) is 17.8 Å². The minimum Gasteiger partial charge on any atom is -0.493 e. The second kappa shape index (κ2) is 8.41. The molecule has 0 fully saturated rings. The van der Waals surface area contributed by atoms with E-state index in [4.69, 9.17) is 15.2 Å². The lowest BCUT2D eigenvalue weighted by Gasteiger charge is -2.13. The predicted octanol–water partition coefficient (Wildman–Crippen LogP) is 0.927. The van der Waals surface area contributed by atoms with Crippen LogP contribution in [0.4, 0.5) is 0 Å². The Morgan fingerprint density at radius 1 is 1.38 bits per heavy atom. The summed E-state index contributed by atoms with van der Waals surface area (Å²) in [6.07, 6.45) is 1.89. The van der Waals surface area contributed by atoms with Crippen LogP contribution in [0.25, 0.3) is 0 Å². The van der Waals surface area contributed by atoms with Gasteiger partial charge in [-0.15, -0.1) is 0 Å². The second-order valence-corrected chi connectivity index (χ2v) is 5.51. The van der Waals surface area contributed by atoms with Gasteiger partial charge >= 0.3 is 0 Å². The van der Waals surface area contributed by atoms with Gasteiger partial charge in [-0.25, -0.2) is 0 Å². The van der Waals surface area contributed by atoms with E-state index in [1.807, 2.05) is 13.2 Å². The Kier molecular flexibility index (Phi) is 6.87. The first-order valence-electron chi connectivity index (χ1n) is 6.36. The molecule has 1 rings (SSSR count). The number of carbonyl (C=O) groups excluding carboxylic acids is 2. The summed E-state index contributed by atoms with van der Waals surface area (Å²) in [5.41, 5.74) is 5.90. The molecule has 0 aliphatic carbocycles. The van der Waals surface area contributed by atoms with Gasteiger partial charge in [0, 0.05) is 6.54 Å². The highest BCUT2D eigenvalue weighted by Gasteiger charge is 2.11. The van der Waals surface area contributed by atoms with E-state index in [0.717, 1.165) is 5.56 Å². The first-order valence-corrected chi connectivity index (χ1v) is 7.65. The minimum absolute atomic E-state index is 0.0180. The molecule has 116 valence electrons. The number of methoxy groups -OCH3 is 1. The third kappa shape index (κ3) is 5.55. The molecule has 0 saturated heterocycles. The number of thioether (sulfide) groups is 1. The molecular weight excluding hydrogens is 292 g/mol. The van der Waals surface area contributed by atoms with Gasteiger partial charge < -0.3 is 20.5 Å². The molecule has 21 heavy (non-hydrogen) atoms. The van der Waals surface area contributed by atoms with Gasteiger partial charge in [-0.1, -0.05) is 6.07 Å². The summed E-state index contributed by atoms with van der Waals surface area (Å²) in [5.74, 6) is 0.347. The smallest absolute Gasteiger partial charge is 0.255 e. The fraction of sp³-hybridized carbons (Fsp3) is 0.429. The van der Waals surface area contributed by atoms with Gasteiger partial charge in [-0.2, -0.15) is 11.8 Å². The molecular formula is C14H20N2O4S. The maximum atomic E-state index is 11.7. The quantitative estimate of drug-likeness (QED) is 0.745. The summed E-state index contributed by atoms with van der Waals surface area (Å²) in [6.45, 7) is 2.04. The van der Waals surface area contributed by atoms with Crippen molar-refractivity contribution in [1.82, 2.24) is 5.32 Å². The number of hydrogen-bond donors (Lipinski definition) is 2. The van der Waals surface area contributed by atoms with E-state index in [0.29, 0.717) is 18.0 Å². The molecule has 0 aromatic heterocycles. The number of nitrogens with two attached hydrogens (primary N) is 1. The van der Waals surface area contributed by atoms with E-state index < -0.39 is 5.91 Å². The Labute approximate surface area is 128 Å². The lowest BCUT2D eigenvalue weighted by Crippen LogP contribution is -2.30. The molecule has 0 unspecified atom stereocenters. The average molecular weight is 312 g/mol. The van der Waals surface area contributed by atoms with Crippen molar-refractivity contribution < 1.29 is 19.1 Å². The van der Waals surface area contributed by atoms with E-state index >= 15 is 0 Å². The first-order chi connectivity index (χ1) is 9.97. The van der Waals surface area contributed by atoms with Crippen LogP contribution in [0, 0.1) is 0 Å². The van der Waals surface area contributed by atoms with Gasteiger partial charge in [0.2, 0.25) is 5.91 Å². The number of rotatable bonds is 8. The molecule has 0 saturated carbocycles. The molecule has 0 heterocycles. The van der Waals surface area contributed by atoms with Gasteiger partial charge in [0.15, 0.2) is 18.1 Å². The summed E-state index contributed by atoms with van der Waals surface area (Å²) >= 11 is 1.49. The van der Waals surface area contributed by atoms with Crippen molar-refractivity contribution in [3.05, 3.63) is 23.8 Å². The number of hydrogen-bond acceptors (Lipinski definition) is 5. The summed E-state index contributed by atoms with van der Waals surface area (Å²) in [5, 5.41) is 2.75. The number of benzene rings is 1. The molecule has 0 bridgehead atoms. The number of primary amides is 1. The van der Waals surface area contributed by atoms with E-state index in [2.05, 4.69) is 5.32 Å². The zero-order valence-electron chi connectivity index (χ0n) is 12.3. The summed E-state index contributed by atoms with van der Waals surface area (Å²) in [6, 6.07) is 5.23. The Morgan fingerprint density at radius 2 is 2.10 bits per heavy atom. The third-order valence-electron chi connectivity index (χ3n) is 2.79. The van der Waals surface area contributed by atoms with Crippen LogP contribution in [0.3, 0.4) is 0 Å². The second-order valence-electron chi connectivity index (χ2n) is 4.34. The lowest BCUT2D eigenvalue weighted by molar-refractivity contribution is -0.121. The Bertz CT molecular complexity index is 508. The number of amides is 2. The molecule has 3 N–H and O–H groups in total. The monoisotopic (exact) mass is 312 g/mol. The van der Waals surface area contributed by atoms with E-state index in [1.165, 1.54) is 18.9 Å². The summed E-state index contributed by atoms with van der Waals surface area (Å²) < 4.78 is 10.4. The van der Waals surface area contributed by atoms with Crippen LogP contribution >= 0.6 is 11.8 Å². The molecule has 0 spiro atoms. The van der Waals surface area contributed by atoms with Crippen LogP contribution < -0.4 is 20.5 Å². The number of nitrogens with one attached hydrogen (secondary N) is 1. The molecule has 1 atom stereocenters. The Morgan fingerprint density at radius 3 is 2.67 bits per heavy atom. The highest BCUT2D eigenvalue weighted by molar-refractivity contribution is 7.99. The molecule has 0 aliphatic heterocycles. The standard InChI is InChI=1S/C14H20N2O4S/c1-9(21-3)14(18)16-7-10-4-5-11(12(6-10)19-2)20-8-13(15)17/h4-6,9H,7-8H2,1-3H3,(H2,15,17)(H,16,18)/t9-/m1/s1. The van der Waals surface area contributed by atoms with Crippen molar-refractivity contribution in [2.24, 2.45) is 5.73 Å². The van der Waals surface area contributed by atoms with Crippen molar-refractivity contribution in [2.45, 2.75) is 18.7 Å². The minimum atomic E-state index is -0.556. The van der Waals surface area contributed by atoms with Crippen LogP contribution in [0.5, 0.6) is 11.5 Å². The van der Waals surface area contributed by atoms with Crippen molar-refractivity contribution >= 4 is 23.6 Å². The van der Waals surface area contributed by atoms with Crippen molar-refractivity contribution in [3.63, 3.8) is 0 Å². The van der Waals surface area contributed by atoms with Crippen LogP contribution in [0.15, 0.2) is 18.2 Å². The van der Waals surface area contributed by atoms with Crippen molar-refractivity contribution in [1.29, 1.82) is 0 Å². The average Bonchev–Trinajstić information content (AvgIpc) is 2.49. The molecule has 0 radical (unpaired) electrons. The summed E-state index contributed by atoms with van der Waals surface area (Å²) in [7, 11) is 1.50. The zero-order valence-corrected chi connectivity index (χ0v) is 13.2. The fourth-order valence-corrected chi connectivity index (χ4v) is 1.83. The summed E-state index contributed by atoms with van der Waals surface area (Å²) in [4.78, 5) is 22.4. The number of carbonyl (C=O) groups is 2. The molecule has 2 amide bonds. The lowest BCUT2D eigenvalue weighted by atomic mass is 10.2. The normalized spacial score (nSPS) is 11.6. The molecule has 1 aromatic carbocycles. The Hall–Kier alpha value is -1.89. The molecule has 0 aliphatic rings. The topological polar surface area (TPSA) is 90.7 Å². The van der Waals surface area contributed by atoms with Gasteiger partial charge in [0.25, 0.3) is 5.91 Å². The number of ether oxygens (including phenoxy) is 2. The Balaban J connectivity index is 2.69. The highest BCUT2D eigenvalue weighted by Crippen LogP contribution is 2.28. The third-order valence-corrected chi connectivity index (χ3v) is 3.71. The van der Waals surface area contributed by atoms with Crippen molar-refractivity contribution in [3.8, 4) is 11.5 Å². The van der Waals surface area contributed by atoms with Crippen molar-refractivity contribution in [2.75, 3.05) is 20.0 Å². The molecule has 6 nitrogen and oxygen atoms in total. The van der Waals surface area contributed by atoms with Crippen LogP contribution in [0.1, 0.15) is 12.5 Å². The molecule has 7 heteroatoms. The maximum Gasteiger partial charge on any atom is 0.255 e. The zero-order chi connectivity index (χ0) is 15.8. The fourth-order valence-electron chi connectivity index (χ4n) is 1.53. The van der Waals surface area contributed by atoms with Gasteiger partial charge in [0.05, 0.1) is 12.4 Å². The SMILES string of the molecule is COc1cc(CNC(=O)[C@@H](C)SC)ccc1OCC(N)=O. The van der Waals surface area contributed by atoms with Crippen LogP contribution in [-0.2, 0) is 16.1 Å². The first kappa shape index (κ1) is 17.2. The van der Waals surface area contributed by atoms with Crippen LogP contribution in [0.2, 0.25) is 0 Å². The van der Waals surface area contributed by atoms with E-state index in [9.17, 15) is 9.59 Å². The largest absolute Gasteiger partial charge is 0.493 e. The molecule has 1 aromatic rings. The predicted molar refractivity (Wildman–Crippen MR) is 82.5 cm³/mol. The van der Waals surface area contributed by atoms with E-state index in [1.54, 1.807) is 18.2 Å². The van der Waals surface area contributed by atoms with Gasteiger partial charge in [-0.3, -0.25) is 9.59 Å². The van der Waals surface area contributed by atoms with Gasteiger partial charge in [0.1, 0.15) is 0 Å². The van der Waals surface area contributed by atoms with Crippen LogP contribution in [-0.4, -0.2) is 37.0 Å². The highest BCUT2D eigenvalue weighted by atomic mass is 32.2. The maximum absolute atomic E-state index is 11.7. The van der Waals surface area contributed by atoms with Gasteiger partial charge in [-0.05, 0) is 30.9 Å².